The predicted octanol–water partition coefficient (Wildman–Crippen LogP) is 5.24. The Kier molecular flexibility index (Phi) is 9.35. The van der Waals surface area contributed by atoms with Crippen LogP contribution >= 0.6 is 0 Å². The monoisotopic (exact) mass is 505 g/mol. The highest BCUT2D eigenvalue weighted by atomic mass is 19.4. The van der Waals surface area contributed by atoms with Crippen LogP contribution in [0.4, 0.5) is 13.2 Å². The van der Waals surface area contributed by atoms with Gasteiger partial charge in [0.1, 0.15) is 17.3 Å². The zero-order valence-corrected chi connectivity index (χ0v) is 20.3. The maximum absolute atomic E-state index is 12.5. The van der Waals surface area contributed by atoms with E-state index in [1.807, 2.05) is 35.8 Å². The van der Waals surface area contributed by atoms with Crippen LogP contribution in [-0.4, -0.2) is 41.1 Å². The van der Waals surface area contributed by atoms with Crippen LogP contribution in [0, 0.1) is 6.92 Å². The number of rotatable bonds is 12. The fraction of sp³-hybridized carbons (Fsp3) is 0.385. The Balaban J connectivity index is 1.65. The van der Waals surface area contributed by atoms with E-state index in [4.69, 9.17) is 15.2 Å². The van der Waals surface area contributed by atoms with Gasteiger partial charge in [-0.2, -0.15) is 0 Å². The second-order valence-corrected chi connectivity index (χ2v) is 8.25. The van der Waals surface area contributed by atoms with E-state index < -0.39 is 6.36 Å². The zero-order valence-electron chi connectivity index (χ0n) is 20.3. The number of aromatic nitrogens is 2. The molecule has 7 nitrogen and oxygen atoms in total. The Labute approximate surface area is 208 Å². The van der Waals surface area contributed by atoms with Crippen LogP contribution in [0.25, 0.3) is 11.4 Å². The van der Waals surface area contributed by atoms with Gasteiger partial charge >= 0.3 is 12.3 Å². The molecule has 2 N–H and O–H groups in total. The van der Waals surface area contributed by atoms with Crippen LogP contribution in [0.5, 0.6) is 11.5 Å². The van der Waals surface area contributed by atoms with Crippen molar-refractivity contribution in [1.82, 2.24) is 9.55 Å². The van der Waals surface area contributed by atoms with Crippen molar-refractivity contribution in [3.05, 3.63) is 66.0 Å². The summed E-state index contributed by atoms with van der Waals surface area (Å²) in [6, 6.07) is 12.9. The molecule has 0 amide bonds. The van der Waals surface area contributed by atoms with E-state index in [-0.39, 0.29) is 24.2 Å². The molecule has 1 heterocycles. The molecule has 0 bridgehead atoms. The van der Waals surface area contributed by atoms with Crippen molar-refractivity contribution in [3.8, 4) is 22.9 Å². The highest BCUT2D eigenvalue weighted by Crippen LogP contribution is 2.28. The molecule has 1 atom stereocenters. The van der Waals surface area contributed by atoms with Gasteiger partial charge < -0.3 is 24.5 Å². The van der Waals surface area contributed by atoms with Gasteiger partial charge in [0.2, 0.25) is 0 Å². The zero-order chi connectivity index (χ0) is 26.1. The van der Waals surface area contributed by atoms with Gasteiger partial charge in [-0.3, -0.25) is 4.79 Å². The van der Waals surface area contributed by atoms with Crippen LogP contribution in [0.1, 0.15) is 37.4 Å². The summed E-state index contributed by atoms with van der Waals surface area (Å²) in [5.41, 5.74) is 8.47. The number of ether oxygens (including phenoxy) is 3. The fourth-order valence-electron chi connectivity index (χ4n) is 3.71. The number of esters is 1. The Morgan fingerprint density at radius 1 is 1.14 bits per heavy atom. The number of carbonyl (C=O) groups excluding carboxylic acids is 1. The topological polar surface area (TPSA) is 88.6 Å². The van der Waals surface area contributed by atoms with E-state index in [1.54, 1.807) is 25.3 Å². The molecule has 0 spiro atoms. The van der Waals surface area contributed by atoms with E-state index in [2.05, 4.69) is 9.72 Å². The van der Waals surface area contributed by atoms with Gasteiger partial charge in [0, 0.05) is 29.1 Å². The number of para-hydroxylation sites is 1. The number of benzene rings is 2. The second kappa shape index (κ2) is 12.4. The Morgan fingerprint density at radius 2 is 1.86 bits per heavy atom. The minimum Gasteiger partial charge on any atom is -0.493 e. The lowest BCUT2D eigenvalue weighted by atomic mass is 10.1. The van der Waals surface area contributed by atoms with Crippen molar-refractivity contribution >= 4 is 5.97 Å². The quantitative estimate of drug-likeness (QED) is 0.267. The molecule has 10 heteroatoms. The van der Waals surface area contributed by atoms with E-state index >= 15 is 0 Å². The van der Waals surface area contributed by atoms with Gasteiger partial charge in [0.05, 0.1) is 26.2 Å². The van der Waals surface area contributed by atoms with E-state index in [1.165, 1.54) is 12.1 Å². The van der Waals surface area contributed by atoms with Gasteiger partial charge in [-0.05, 0) is 57.0 Å². The maximum atomic E-state index is 12.5. The molecule has 2 aromatic carbocycles. The average Bonchev–Trinajstić information content (AvgIpc) is 3.17. The lowest BCUT2D eigenvalue weighted by Crippen LogP contribution is -2.25. The Morgan fingerprint density at radius 3 is 2.56 bits per heavy atom. The minimum atomic E-state index is -4.74. The lowest BCUT2D eigenvalue weighted by molar-refractivity contribution is -0.274. The van der Waals surface area contributed by atoms with E-state index in [9.17, 15) is 18.0 Å². The van der Waals surface area contributed by atoms with Crippen molar-refractivity contribution in [2.24, 2.45) is 5.73 Å². The third-order valence-corrected chi connectivity index (χ3v) is 5.41. The highest BCUT2D eigenvalue weighted by Gasteiger charge is 2.31. The third kappa shape index (κ3) is 8.01. The summed E-state index contributed by atoms with van der Waals surface area (Å²) in [6.45, 7) is 4.89. The molecular formula is C26H30F3N3O4. The van der Waals surface area contributed by atoms with Crippen LogP contribution in [0.15, 0.2) is 54.7 Å². The summed E-state index contributed by atoms with van der Waals surface area (Å²) in [6.07, 6.45) is -1.55. The predicted molar refractivity (Wildman–Crippen MR) is 129 cm³/mol. The molecule has 3 rings (SSSR count). The normalized spacial score (nSPS) is 12.3. The van der Waals surface area contributed by atoms with Crippen molar-refractivity contribution < 1.29 is 32.2 Å². The lowest BCUT2D eigenvalue weighted by Gasteiger charge is -2.16. The summed E-state index contributed by atoms with van der Waals surface area (Å²) < 4.78 is 54.3. The van der Waals surface area contributed by atoms with Gasteiger partial charge in [0.25, 0.3) is 0 Å². The first kappa shape index (κ1) is 27.1. The number of imidazole rings is 1. The molecule has 0 fully saturated rings. The van der Waals surface area contributed by atoms with Gasteiger partial charge in [-0.1, -0.05) is 18.2 Å². The van der Waals surface area contributed by atoms with Crippen LogP contribution in [-0.2, 0) is 16.1 Å². The van der Waals surface area contributed by atoms with Gasteiger partial charge in [-0.15, -0.1) is 13.2 Å². The minimum absolute atomic E-state index is 0.177. The van der Waals surface area contributed by atoms with Crippen LogP contribution in [0.2, 0.25) is 0 Å². The summed E-state index contributed by atoms with van der Waals surface area (Å²) in [7, 11) is 0. The fourth-order valence-corrected chi connectivity index (χ4v) is 3.71. The van der Waals surface area contributed by atoms with Crippen molar-refractivity contribution in [2.45, 2.75) is 52.1 Å². The molecule has 3 aromatic rings. The van der Waals surface area contributed by atoms with Crippen LogP contribution < -0.4 is 15.2 Å². The molecule has 0 aliphatic carbocycles. The first-order valence-electron chi connectivity index (χ1n) is 11.7. The first-order chi connectivity index (χ1) is 17.2. The highest BCUT2D eigenvalue weighted by molar-refractivity contribution is 5.70. The molecule has 0 radical (unpaired) electrons. The molecule has 0 unspecified atom stereocenters. The summed E-state index contributed by atoms with van der Waals surface area (Å²) >= 11 is 0. The van der Waals surface area contributed by atoms with Gasteiger partial charge in [0.15, 0.2) is 0 Å². The Hall–Kier alpha value is -3.53. The number of carbonyl (C=O) groups is 1. The maximum Gasteiger partial charge on any atom is 0.573 e. The van der Waals surface area contributed by atoms with Crippen molar-refractivity contribution in [1.29, 1.82) is 0 Å². The molecule has 0 saturated carbocycles. The second-order valence-electron chi connectivity index (χ2n) is 8.25. The molecule has 194 valence electrons. The largest absolute Gasteiger partial charge is 0.573 e. The SMILES string of the molecule is CCOC(=O)C[C@H](N)CCCOc1ccccc1Cn1c(C)cnc1-c1ccc(OC(F)(F)F)cc1. The summed E-state index contributed by atoms with van der Waals surface area (Å²) in [4.78, 5) is 16.0. The van der Waals surface area contributed by atoms with E-state index in [0.717, 1.165) is 11.3 Å². The molecular weight excluding hydrogens is 475 g/mol. The number of alkyl halides is 3. The van der Waals surface area contributed by atoms with Crippen molar-refractivity contribution in [2.75, 3.05) is 13.2 Å². The van der Waals surface area contributed by atoms with Gasteiger partial charge in [-0.25, -0.2) is 4.98 Å². The summed E-state index contributed by atoms with van der Waals surface area (Å²) in [5.74, 6) is 0.738. The number of nitrogens with two attached hydrogens (primary N) is 1. The molecule has 1 aromatic heterocycles. The van der Waals surface area contributed by atoms with E-state index in [0.29, 0.717) is 49.7 Å². The number of hydrogen-bond acceptors (Lipinski definition) is 6. The number of aryl methyl sites for hydroxylation is 1. The van der Waals surface area contributed by atoms with Crippen molar-refractivity contribution in [3.63, 3.8) is 0 Å². The molecule has 0 saturated heterocycles. The average molecular weight is 506 g/mol. The van der Waals surface area contributed by atoms with Crippen LogP contribution in [0.3, 0.4) is 0 Å². The Bertz CT molecular complexity index is 1130. The number of halogens is 3. The standard InChI is InChI=1S/C26H30F3N3O4/c1-3-34-24(33)15-21(30)8-6-14-35-23-9-5-4-7-20(23)17-32-18(2)16-31-25(32)19-10-12-22(13-11-19)36-26(27,28)29/h4-5,7,9-13,16,21H,3,6,8,14-15,17,30H2,1-2H3/t21-/m1/s1. The first-order valence-corrected chi connectivity index (χ1v) is 11.7. The number of hydrogen-bond donors (Lipinski definition) is 1. The smallest absolute Gasteiger partial charge is 0.493 e. The molecule has 0 aliphatic heterocycles. The number of nitrogens with zero attached hydrogens (tertiary/aromatic N) is 2. The molecule has 0 aliphatic rings. The summed E-state index contributed by atoms with van der Waals surface area (Å²) in [5, 5.41) is 0. The third-order valence-electron chi connectivity index (χ3n) is 5.41. The molecule has 36 heavy (non-hydrogen) atoms.